The van der Waals surface area contributed by atoms with E-state index in [1.807, 2.05) is 24.0 Å². The number of hydrogen-bond donors (Lipinski definition) is 0. The van der Waals surface area contributed by atoms with Crippen molar-refractivity contribution in [2.75, 3.05) is 11.4 Å². The summed E-state index contributed by atoms with van der Waals surface area (Å²) < 4.78 is 0. The molecule has 0 saturated carbocycles. The molecule has 16 heavy (non-hydrogen) atoms. The third kappa shape index (κ3) is 0.990. The molecule has 1 heterocycles. The molecule has 2 heteroatoms. The molecule has 0 spiro atoms. The minimum Gasteiger partial charge on any atom is -0.308 e. The highest BCUT2D eigenvalue weighted by Crippen LogP contribution is 2.38. The van der Waals surface area contributed by atoms with Crippen LogP contribution in [0.15, 0.2) is 30.3 Å². The number of aryl methyl sites for hydroxylation is 1. The topological polar surface area (TPSA) is 20.3 Å². The summed E-state index contributed by atoms with van der Waals surface area (Å²) in [6, 6.07) is 10.1. The van der Waals surface area contributed by atoms with Crippen LogP contribution >= 0.6 is 0 Å². The van der Waals surface area contributed by atoms with Gasteiger partial charge in [-0.2, -0.15) is 0 Å². The van der Waals surface area contributed by atoms with Gasteiger partial charge >= 0.3 is 0 Å². The zero-order valence-electron chi connectivity index (χ0n) is 9.45. The molecule has 0 radical (unpaired) electrons. The standard InChI is InChI=1S/C14H13NO/c1-3-15-12-8-7-9(2)10-5-4-6-11(13(10)12)14(15)16/h4-8H,3H2,1-2H3. The first-order valence-electron chi connectivity index (χ1n) is 5.58. The smallest absolute Gasteiger partial charge is 0.258 e. The Kier molecular flexibility index (Phi) is 1.81. The second-order valence-electron chi connectivity index (χ2n) is 4.18. The van der Waals surface area contributed by atoms with E-state index < -0.39 is 0 Å². The Morgan fingerprint density at radius 3 is 2.75 bits per heavy atom. The lowest BCUT2D eigenvalue weighted by Crippen LogP contribution is -2.25. The van der Waals surface area contributed by atoms with Gasteiger partial charge in [-0.1, -0.05) is 18.2 Å². The number of amides is 1. The zero-order valence-corrected chi connectivity index (χ0v) is 9.45. The van der Waals surface area contributed by atoms with Crippen LogP contribution in [-0.4, -0.2) is 12.5 Å². The van der Waals surface area contributed by atoms with Gasteiger partial charge in [-0.15, -0.1) is 0 Å². The van der Waals surface area contributed by atoms with Gasteiger partial charge in [0.1, 0.15) is 0 Å². The fourth-order valence-electron chi connectivity index (χ4n) is 2.51. The van der Waals surface area contributed by atoms with Crippen LogP contribution in [0.2, 0.25) is 0 Å². The molecule has 0 bridgehead atoms. The van der Waals surface area contributed by atoms with Gasteiger partial charge < -0.3 is 4.90 Å². The zero-order chi connectivity index (χ0) is 11.3. The minimum atomic E-state index is 0.133. The lowest BCUT2D eigenvalue weighted by Gasteiger charge is -2.14. The van der Waals surface area contributed by atoms with Gasteiger partial charge in [-0.3, -0.25) is 4.79 Å². The van der Waals surface area contributed by atoms with Crippen LogP contribution in [0.25, 0.3) is 10.8 Å². The first-order chi connectivity index (χ1) is 7.74. The average molecular weight is 211 g/mol. The first-order valence-corrected chi connectivity index (χ1v) is 5.58. The molecule has 0 aromatic heterocycles. The van der Waals surface area contributed by atoms with Gasteiger partial charge in [0.25, 0.3) is 5.91 Å². The maximum atomic E-state index is 12.1. The van der Waals surface area contributed by atoms with Crippen LogP contribution in [0.1, 0.15) is 22.8 Å². The molecule has 3 rings (SSSR count). The third-order valence-corrected chi connectivity index (χ3v) is 3.32. The highest BCUT2D eigenvalue weighted by Gasteiger charge is 2.28. The van der Waals surface area contributed by atoms with E-state index >= 15 is 0 Å². The second kappa shape index (κ2) is 3.08. The molecule has 1 aliphatic heterocycles. The summed E-state index contributed by atoms with van der Waals surface area (Å²) in [5.41, 5.74) is 3.13. The predicted octanol–water partition coefficient (Wildman–Crippen LogP) is 3.13. The van der Waals surface area contributed by atoms with Crippen LogP contribution in [0.5, 0.6) is 0 Å². The van der Waals surface area contributed by atoms with E-state index in [4.69, 9.17) is 0 Å². The van der Waals surface area contributed by atoms with E-state index in [2.05, 4.69) is 25.1 Å². The lowest BCUT2D eigenvalue weighted by atomic mass is 10.0. The summed E-state index contributed by atoms with van der Waals surface area (Å²) >= 11 is 0. The molecule has 0 aliphatic carbocycles. The van der Waals surface area contributed by atoms with E-state index in [1.54, 1.807) is 0 Å². The van der Waals surface area contributed by atoms with Gasteiger partial charge in [-0.05, 0) is 36.9 Å². The van der Waals surface area contributed by atoms with Gasteiger partial charge in [0.15, 0.2) is 0 Å². The van der Waals surface area contributed by atoms with E-state index in [0.717, 1.165) is 23.2 Å². The van der Waals surface area contributed by atoms with E-state index in [-0.39, 0.29) is 5.91 Å². The van der Waals surface area contributed by atoms with Crippen molar-refractivity contribution in [2.24, 2.45) is 0 Å². The van der Waals surface area contributed by atoms with Crippen molar-refractivity contribution in [3.8, 4) is 0 Å². The van der Waals surface area contributed by atoms with Crippen molar-refractivity contribution < 1.29 is 4.79 Å². The molecule has 0 N–H and O–H groups in total. The highest BCUT2D eigenvalue weighted by molar-refractivity contribution is 6.25. The Balaban J connectivity index is 2.47. The third-order valence-electron chi connectivity index (χ3n) is 3.32. The van der Waals surface area contributed by atoms with Crippen molar-refractivity contribution in [1.29, 1.82) is 0 Å². The van der Waals surface area contributed by atoms with E-state index in [0.29, 0.717) is 0 Å². The maximum Gasteiger partial charge on any atom is 0.258 e. The molecule has 1 amide bonds. The van der Waals surface area contributed by atoms with Crippen molar-refractivity contribution in [3.63, 3.8) is 0 Å². The minimum absolute atomic E-state index is 0.133. The van der Waals surface area contributed by atoms with Gasteiger partial charge in [0.2, 0.25) is 0 Å². The normalized spacial score (nSPS) is 13.9. The first kappa shape index (κ1) is 9.40. The van der Waals surface area contributed by atoms with Crippen LogP contribution in [0, 0.1) is 6.92 Å². The number of benzene rings is 2. The molecule has 2 nitrogen and oxygen atoms in total. The number of nitrogens with zero attached hydrogens (tertiary/aromatic N) is 1. The molecule has 1 aliphatic rings. The van der Waals surface area contributed by atoms with Crippen molar-refractivity contribution >= 4 is 22.4 Å². The summed E-state index contributed by atoms with van der Waals surface area (Å²) in [5, 5.41) is 2.31. The van der Waals surface area contributed by atoms with Gasteiger partial charge in [-0.25, -0.2) is 0 Å². The van der Waals surface area contributed by atoms with Crippen LogP contribution < -0.4 is 4.90 Å². The Labute approximate surface area is 94.5 Å². The summed E-state index contributed by atoms with van der Waals surface area (Å²) in [5.74, 6) is 0.133. The fraction of sp³-hybridized carbons (Fsp3) is 0.214. The molecule has 80 valence electrons. The Morgan fingerprint density at radius 2 is 2.00 bits per heavy atom. The Hall–Kier alpha value is -1.83. The summed E-state index contributed by atoms with van der Waals surface area (Å²) in [6.45, 7) is 4.82. The summed E-state index contributed by atoms with van der Waals surface area (Å²) in [6.07, 6.45) is 0. The van der Waals surface area contributed by atoms with Crippen molar-refractivity contribution in [3.05, 3.63) is 41.5 Å². The van der Waals surface area contributed by atoms with E-state index in [1.165, 1.54) is 10.9 Å². The SMILES string of the molecule is CCN1C(=O)c2cccc3c(C)ccc1c23. The van der Waals surface area contributed by atoms with Gasteiger partial charge in [0.05, 0.1) is 5.69 Å². The molecule has 0 unspecified atom stereocenters. The van der Waals surface area contributed by atoms with Crippen LogP contribution in [0.4, 0.5) is 5.69 Å². The molecule has 0 atom stereocenters. The number of carbonyl (C=O) groups is 1. The maximum absolute atomic E-state index is 12.1. The average Bonchev–Trinajstić information content (AvgIpc) is 2.59. The quantitative estimate of drug-likeness (QED) is 0.709. The van der Waals surface area contributed by atoms with Crippen LogP contribution in [0.3, 0.4) is 0 Å². The van der Waals surface area contributed by atoms with Gasteiger partial charge in [0, 0.05) is 17.5 Å². The second-order valence-corrected chi connectivity index (χ2v) is 4.18. The number of carbonyl (C=O) groups excluding carboxylic acids is 1. The van der Waals surface area contributed by atoms with Crippen LogP contribution in [-0.2, 0) is 0 Å². The lowest BCUT2D eigenvalue weighted by molar-refractivity contribution is 0.0994. The monoisotopic (exact) mass is 211 g/mol. The molecule has 2 aromatic carbocycles. The highest BCUT2D eigenvalue weighted by atomic mass is 16.2. The van der Waals surface area contributed by atoms with Crippen molar-refractivity contribution in [1.82, 2.24) is 0 Å². The Bertz CT molecular complexity index is 601. The molecule has 2 aromatic rings. The number of hydrogen-bond acceptors (Lipinski definition) is 1. The summed E-state index contributed by atoms with van der Waals surface area (Å²) in [4.78, 5) is 14.0. The molecule has 0 saturated heterocycles. The van der Waals surface area contributed by atoms with E-state index in [9.17, 15) is 4.79 Å². The number of anilines is 1. The van der Waals surface area contributed by atoms with Crippen molar-refractivity contribution in [2.45, 2.75) is 13.8 Å². The Morgan fingerprint density at radius 1 is 1.19 bits per heavy atom. The molecule has 0 fully saturated rings. The molecular formula is C14H13NO. The molecular weight excluding hydrogens is 198 g/mol. The largest absolute Gasteiger partial charge is 0.308 e. The predicted molar refractivity (Wildman–Crippen MR) is 66.0 cm³/mol. The fourth-order valence-corrected chi connectivity index (χ4v) is 2.51. The number of rotatable bonds is 1. The summed E-state index contributed by atoms with van der Waals surface area (Å²) in [7, 11) is 0.